The highest BCUT2D eigenvalue weighted by Gasteiger charge is 2.22. The van der Waals surface area contributed by atoms with Crippen LogP contribution in [0.5, 0.6) is 0 Å². The molecule has 0 aliphatic carbocycles. The Kier molecular flexibility index (Phi) is 2.66. The molecule has 1 aromatic heterocycles. The highest BCUT2D eigenvalue weighted by molar-refractivity contribution is 5.79. The van der Waals surface area contributed by atoms with E-state index in [1.807, 2.05) is 0 Å². The molecule has 4 rings (SSSR count). The van der Waals surface area contributed by atoms with Crippen molar-refractivity contribution in [3.63, 3.8) is 0 Å². The fraction of sp³-hybridized carbons (Fsp3) is 0.167. The van der Waals surface area contributed by atoms with Crippen molar-refractivity contribution in [1.29, 1.82) is 0 Å². The van der Waals surface area contributed by atoms with E-state index in [4.69, 9.17) is 4.98 Å². The third-order valence-corrected chi connectivity index (χ3v) is 3.92. The molecule has 0 spiro atoms. The Morgan fingerprint density at radius 1 is 0.800 bits per heavy atom. The van der Waals surface area contributed by atoms with Gasteiger partial charge in [-0.3, -0.25) is 0 Å². The summed E-state index contributed by atoms with van der Waals surface area (Å²) in [6.07, 6.45) is 2.30. The van der Waals surface area contributed by atoms with E-state index in [0.29, 0.717) is 0 Å². The number of nitrogens with zero attached hydrogens (tertiary/aromatic N) is 2. The lowest BCUT2D eigenvalue weighted by molar-refractivity contribution is 0.756. The smallest absolute Gasteiger partial charge is 0.109 e. The molecule has 0 fully saturated rings. The molecule has 0 amide bonds. The molecule has 0 N–H and O–H groups in total. The highest BCUT2D eigenvalue weighted by Crippen LogP contribution is 2.35. The van der Waals surface area contributed by atoms with E-state index in [-0.39, 0.29) is 0 Å². The molecule has 1 aliphatic rings. The van der Waals surface area contributed by atoms with Gasteiger partial charge in [0.2, 0.25) is 0 Å². The van der Waals surface area contributed by atoms with Crippen LogP contribution in [0.3, 0.4) is 0 Å². The van der Waals surface area contributed by atoms with E-state index in [1.165, 1.54) is 29.1 Å². The molecular weight excluding hydrogens is 244 g/mol. The number of hydrogen-bond donors (Lipinski definition) is 0. The van der Waals surface area contributed by atoms with Crippen molar-refractivity contribution in [2.24, 2.45) is 0 Å². The fourth-order valence-corrected chi connectivity index (χ4v) is 3.01. The number of imidazole rings is 1. The van der Waals surface area contributed by atoms with E-state index in [2.05, 4.69) is 65.2 Å². The second-order valence-corrected chi connectivity index (χ2v) is 5.21. The zero-order valence-electron chi connectivity index (χ0n) is 11.3. The zero-order chi connectivity index (χ0) is 13.4. The summed E-state index contributed by atoms with van der Waals surface area (Å²) in [5.74, 6) is 1.22. The van der Waals surface area contributed by atoms with Crippen molar-refractivity contribution < 1.29 is 0 Å². The highest BCUT2D eigenvalue weighted by atomic mass is 15.1. The van der Waals surface area contributed by atoms with Crippen LogP contribution in [0.1, 0.15) is 12.2 Å². The quantitative estimate of drug-likeness (QED) is 0.676. The Balaban J connectivity index is 1.97. The van der Waals surface area contributed by atoms with Crippen LogP contribution in [0.15, 0.2) is 60.7 Å². The second-order valence-electron chi connectivity index (χ2n) is 5.21. The molecule has 20 heavy (non-hydrogen) atoms. The van der Waals surface area contributed by atoms with Gasteiger partial charge in [0, 0.05) is 24.1 Å². The van der Waals surface area contributed by atoms with E-state index in [0.717, 1.165) is 18.7 Å². The minimum absolute atomic E-state index is 1.08. The van der Waals surface area contributed by atoms with Gasteiger partial charge in [0.25, 0.3) is 0 Å². The standard InChI is InChI=1S/C18H16N2/c1-3-8-14(9-4-1)17-18(15-10-5-2-6-11-15)20-13-7-12-16(20)19-17/h1-6,8-11H,7,12-13H2. The summed E-state index contributed by atoms with van der Waals surface area (Å²) >= 11 is 0. The maximum atomic E-state index is 4.90. The molecule has 2 heterocycles. The molecular formula is C18H16N2. The molecule has 0 saturated heterocycles. The van der Waals surface area contributed by atoms with Gasteiger partial charge in [0.15, 0.2) is 0 Å². The predicted molar refractivity (Wildman–Crippen MR) is 81.4 cm³/mol. The minimum atomic E-state index is 1.08. The van der Waals surface area contributed by atoms with E-state index >= 15 is 0 Å². The lowest BCUT2D eigenvalue weighted by Gasteiger charge is -2.08. The van der Waals surface area contributed by atoms with Crippen molar-refractivity contribution in [1.82, 2.24) is 9.55 Å². The summed E-state index contributed by atoms with van der Waals surface area (Å²) in [7, 11) is 0. The van der Waals surface area contributed by atoms with Crippen LogP contribution < -0.4 is 0 Å². The normalized spacial score (nSPS) is 13.4. The Labute approximate surface area is 118 Å². The van der Waals surface area contributed by atoms with Crippen LogP contribution in [0.4, 0.5) is 0 Å². The molecule has 2 heteroatoms. The fourth-order valence-electron chi connectivity index (χ4n) is 3.01. The van der Waals surface area contributed by atoms with Crippen LogP contribution >= 0.6 is 0 Å². The van der Waals surface area contributed by atoms with Crippen molar-refractivity contribution in [2.75, 3.05) is 0 Å². The maximum absolute atomic E-state index is 4.90. The summed E-state index contributed by atoms with van der Waals surface area (Å²) < 4.78 is 2.39. The lowest BCUT2D eigenvalue weighted by Crippen LogP contribution is -1.96. The summed E-state index contributed by atoms with van der Waals surface area (Å²) in [5.41, 5.74) is 4.84. The number of aromatic nitrogens is 2. The largest absolute Gasteiger partial charge is 0.327 e. The van der Waals surface area contributed by atoms with Gasteiger partial charge in [-0.05, 0) is 6.42 Å². The van der Waals surface area contributed by atoms with Crippen molar-refractivity contribution >= 4 is 0 Å². The van der Waals surface area contributed by atoms with Gasteiger partial charge < -0.3 is 4.57 Å². The van der Waals surface area contributed by atoms with Gasteiger partial charge in [-0.15, -0.1) is 0 Å². The van der Waals surface area contributed by atoms with Crippen LogP contribution in [-0.4, -0.2) is 9.55 Å². The molecule has 0 saturated carbocycles. The molecule has 3 aromatic rings. The van der Waals surface area contributed by atoms with Gasteiger partial charge >= 0.3 is 0 Å². The first-order valence-corrected chi connectivity index (χ1v) is 7.14. The van der Waals surface area contributed by atoms with Gasteiger partial charge in [-0.1, -0.05) is 60.7 Å². The molecule has 1 aliphatic heterocycles. The topological polar surface area (TPSA) is 17.8 Å². The third-order valence-electron chi connectivity index (χ3n) is 3.92. The number of fused-ring (bicyclic) bond motifs is 1. The minimum Gasteiger partial charge on any atom is -0.327 e. The molecule has 0 bridgehead atoms. The summed E-state index contributed by atoms with van der Waals surface area (Å²) in [6, 6.07) is 21.1. The van der Waals surface area contributed by atoms with Crippen molar-refractivity contribution in [3.05, 3.63) is 66.5 Å². The van der Waals surface area contributed by atoms with E-state index in [1.54, 1.807) is 0 Å². The first kappa shape index (κ1) is 11.5. The van der Waals surface area contributed by atoms with Crippen molar-refractivity contribution in [3.8, 4) is 22.5 Å². The van der Waals surface area contributed by atoms with E-state index in [9.17, 15) is 0 Å². The molecule has 0 atom stereocenters. The maximum Gasteiger partial charge on any atom is 0.109 e. The molecule has 2 nitrogen and oxygen atoms in total. The van der Waals surface area contributed by atoms with Gasteiger partial charge in [0.05, 0.1) is 11.4 Å². The molecule has 0 radical (unpaired) electrons. The molecule has 0 unspecified atom stereocenters. The second kappa shape index (κ2) is 4.64. The lowest BCUT2D eigenvalue weighted by atomic mass is 10.0. The van der Waals surface area contributed by atoms with Crippen molar-refractivity contribution in [2.45, 2.75) is 19.4 Å². The van der Waals surface area contributed by atoms with Crippen LogP contribution in [-0.2, 0) is 13.0 Å². The Morgan fingerprint density at radius 2 is 1.45 bits per heavy atom. The van der Waals surface area contributed by atoms with E-state index < -0.39 is 0 Å². The number of benzene rings is 2. The first-order valence-electron chi connectivity index (χ1n) is 7.14. The van der Waals surface area contributed by atoms with Crippen LogP contribution in [0.2, 0.25) is 0 Å². The average Bonchev–Trinajstić information content (AvgIpc) is 3.09. The third kappa shape index (κ3) is 1.76. The average molecular weight is 260 g/mol. The SMILES string of the molecule is c1ccc(-c2nc3n(c2-c2ccccc2)CCC3)cc1. The predicted octanol–water partition coefficient (Wildman–Crippen LogP) is 4.16. The first-order chi connectivity index (χ1) is 9.93. The summed E-state index contributed by atoms with van der Waals surface area (Å²) in [5, 5.41) is 0. The van der Waals surface area contributed by atoms with Gasteiger partial charge in [0.1, 0.15) is 5.82 Å². The van der Waals surface area contributed by atoms with Gasteiger partial charge in [-0.2, -0.15) is 0 Å². The number of hydrogen-bond acceptors (Lipinski definition) is 1. The summed E-state index contributed by atoms with van der Waals surface area (Å²) in [6.45, 7) is 1.08. The van der Waals surface area contributed by atoms with Gasteiger partial charge in [-0.25, -0.2) is 4.98 Å². The molecule has 2 aromatic carbocycles. The molecule has 98 valence electrons. The number of rotatable bonds is 2. The Bertz CT molecular complexity index is 727. The zero-order valence-corrected chi connectivity index (χ0v) is 11.3. The Hall–Kier alpha value is -2.35. The number of aryl methyl sites for hydroxylation is 1. The van der Waals surface area contributed by atoms with Crippen LogP contribution in [0, 0.1) is 0 Å². The Morgan fingerprint density at radius 3 is 2.15 bits per heavy atom. The summed E-state index contributed by atoms with van der Waals surface area (Å²) in [4.78, 5) is 4.90. The van der Waals surface area contributed by atoms with Crippen LogP contribution in [0.25, 0.3) is 22.5 Å². The monoisotopic (exact) mass is 260 g/mol.